The molecule has 2 aromatic carbocycles. The van der Waals surface area contributed by atoms with Crippen molar-refractivity contribution in [2.75, 3.05) is 25.5 Å². The van der Waals surface area contributed by atoms with Crippen molar-refractivity contribution in [2.24, 2.45) is 5.92 Å². The second-order valence-electron chi connectivity index (χ2n) is 9.26. The number of hydrogen-bond donors (Lipinski definition) is 2. The Bertz CT molecular complexity index is 1170. The minimum Gasteiger partial charge on any atom is -0.496 e. The third-order valence-corrected chi connectivity index (χ3v) is 7.08. The molecule has 1 saturated carbocycles. The quantitative estimate of drug-likeness (QED) is 0.516. The number of benzene rings is 2. The van der Waals surface area contributed by atoms with Gasteiger partial charge in [0.2, 0.25) is 17.7 Å². The number of nitrogens with one attached hydrogen (secondary N) is 2. The van der Waals surface area contributed by atoms with Crippen molar-refractivity contribution in [1.29, 1.82) is 0 Å². The zero-order valence-electron chi connectivity index (χ0n) is 20.7. The van der Waals surface area contributed by atoms with Crippen molar-refractivity contribution in [3.8, 4) is 5.75 Å². The number of amides is 5. The molecule has 0 spiro atoms. The van der Waals surface area contributed by atoms with E-state index in [0.29, 0.717) is 29.3 Å². The molecule has 0 radical (unpaired) electrons. The fourth-order valence-electron chi connectivity index (χ4n) is 5.02. The van der Waals surface area contributed by atoms with Gasteiger partial charge in [-0.15, -0.1) is 0 Å². The number of urea groups is 1. The van der Waals surface area contributed by atoms with Crippen LogP contribution in [0.5, 0.6) is 5.75 Å². The van der Waals surface area contributed by atoms with Crippen LogP contribution in [0.15, 0.2) is 48.5 Å². The maximum absolute atomic E-state index is 13.4. The average molecular weight is 527 g/mol. The summed E-state index contributed by atoms with van der Waals surface area (Å²) in [4.78, 5) is 54.6. The van der Waals surface area contributed by atoms with Crippen molar-refractivity contribution in [3.05, 3.63) is 59.1 Å². The Labute approximate surface area is 221 Å². The number of halogens is 1. The Morgan fingerprint density at radius 3 is 2.62 bits per heavy atom. The third-order valence-electron chi connectivity index (χ3n) is 6.84. The van der Waals surface area contributed by atoms with Crippen molar-refractivity contribution in [1.82, 2.24) is 15.1 Å². The molecule has 2 atom stereocenters. The number of rotatable bonds is 9. The second kappa shape index (κ2) is 12.1. The van der Waals surface area contributed by atoms with Crippen LogP contribution in [0.2, 0.25) is 5.02 Å². The molecule has 2 fully saturated rings. The molecular formula is C27H31ClN4O5. The van der Waals surface area contributed by atoms with Crippen LogP contribution in [0, 0.1) is 5.92 Å². The summed E-state index contributed by atoms with van der Waals surface area (Å²) >= 11 is 6.00. The van der Waals surface area contributed by atoms with E-state index < -0.39 is 6.03 Å². The molecule has 196 valence electrons. The molecule has 0 aromatic heterocycles. The monoisotopic (exact) mass is 526 g/mol. The highest BCUT2D eigenvalue weighted by atomic mass is 35.5. The van der Waals surface area contributed by atoms with Crippen LogP contribution in [-0.4, -0.2) is 59.8 Å². The first-order chi connectivity index (χ1) is 17.9. The first-order valence-electron chi connectivity index (χ1n) is 12.4. The van der Waals surface area contributed by atoms with E-state index in [4.69, 9.17) is 16.3 Å². The number of methoxy groups -OCH3 is 1. The topological polar surface area (TPSA) is 108 Å². The van der Waals surface area contributed by atoms with Gasteiger partial charge in [0.25, 0.3) is 0 Å². The first kappa shape index (κ1) is 26.5. The van der Waals surface area contributed by atoms with Gasteiger partial charge >= 0.3 is 6.03 Å². The molecule has 2 aromatic rings. The summed E-state index contributed by atoms with van der Waals surface area (Å²) < 4.78 is 5.30. The Hall–Kier alpha value is -3.59. The Morgan fingerprint density at radius 1 is 1.05 bits per heavy atom. The number of fused-ring (bicyclic) bond motifs is 1. The van der Waals surface area contributed by atoms with Gasteiger partial charge in [-0.05, 0) is 37.1 Å². The summed E-state index contributed by atoms with van der Waals surface area (Å²) in [6.45, 7) is 0.0343. The van der Waals surface area contributed by atoms with Crippen LogP contribution in [0.4, 0.5) is 10.5 Å². The van der Waals surface area contributed by atoms with Crippen molar-refractivity contribution in [3.63, 3.8) is 0 Å². The van der Waals surface area contributed by atoms with E-state index in [-0.39, 0.29) is 55.7 Å². The maximum Gasteiger partial charge on any atom is 0.327 e. The summed E-state index contributed by atoms with van der Waals surface area (Å²) in [7, 11) is 1.56. The minimum atomic E-state index is -0.535. The lowest BCUT2D eigenvalue weighted by atomic mass is 9.81. The molecule has 0 bridgehead atoms. The molecule has 10 heteroatoms. The number of imide groups is 1. The fourth-order valence-corrected chi connectivity index (χ4v) is 5.21. The zero-order valence-corrected chi connectivity index (χ0v) is 21.5. The lowest BCUT2D eigenvalue weighted by Gasteiger charge is -2.46. The molecule has 1 saturated heterocycles. The van der Waals surface area contributed by atoms with Gasteiger partial charge < -0.3 is 20.3 Å². The molecule has 2 unspecified atom stereocenters. The van der Waals surface area contributed by atoms with Gasteiger partial charge in [0.1, 0.15) is 12.3 Å². The summed E-state index contributed by atoms with van der Waals surface area (Å²) in [5, 5.41) is 6.07. The van der Waals surface area contributed by atoms with Gasteiger partial charge in [-0.2, -0.15) is 0 Å². The van der Waals surface area contributed by atoms with Crippen LogP contribution in [0.25, 0.3) is 0 Å². The largest absolute Gasteiger partial charge is 0.496 e. The number of carbonyl (C=O) groups excluding carboxylic acids is 4. The van der Waals surface area contributed by atoms with Crippen LogP contribution in [-0.2, 0) is 20.9 Å². The fraction of sp³-hybridized carbons (Fsp3) is 0.407. The Morgan fingerprint density at radius 2 is 1.84 bits per heavy atom. The van der Waals surface area contributed by atoms with E-state index in [9.17, 15) is 19.2 Å². The van der Waals surface area contributed by atoms with Crippen molar-refractivity contribution >= 4 is 41.0 Å². The van der Waals surface area contributed by atoms with Crippen molar-refractivity contribution < 1.29 is 23.9 Å². The van der Waals surface area contributed by atoms with E-state index in [2.05, 4.69) is 10.6 Å². The molecule has 2 N–H and O–H groups in total. The third kappa shape index (κ3) is 6.40. The van der Waals surface area contributed by atoms with E-state index in [1.807, 2.05) is 24.3 Å². The highest BCUT2D eigenvalue weighted by Crippen LogP contribution is 2.34. The number of hydrogen-bond acceptors (Lipinski definition) is 5. The summed E-state index contributed by atoms with van der Waals surface area (Å²) in [5.41, 5.74) is 1.35. The summed E-state index contributed by atoms with van der Waals surface area (Å²) in [5.74, 6) is -0.633. The SMILES string of the molecule is COc1ccccc1CNC(=O)CCN1C(=O)C2CCCCC2N(CC(=O)Nc2cccc(Cl)c2)C1=O. The summed E-state index contributed by atoms with van der Waals surface area (Å²) in [6.07, 6.45) is 3.06. The van der Waals surface area contributed by atoms with Gasteiger partial charge in [-0.1, -0.05) is 48.7 Å². The second-order valence-corrected chi connectivity index (χ2v) is 9.69. The standard InChI is InChI=1S/C27H31ClN4O5/c1-37-23-12-5-2-7-18(23)16-29-24(33)13-14-31-26(35)21-10-3-4-11-22(21)32(27(31)36)17-25(34)30-20-9-6-8-19(28)15-20/h2,5-9,12,15,21-22H,3-4,10-11,13-14,16-17H2,1H3,(H,29,33)(H,30,34). The van der Waals surface area contributed by atoms with Crippen LogP contribution in [0.3, 0.4) is 0 Å². The van der Waals surface area contributed by atoms with Gasteiger partial charge in [0, 0.05) is 41.8 Å². The molecule has 1 aliphatic heterocycles. The number of ether oxygens (including phenoxy) is 1. The number of carbonyl (C=O) groups is 4. The molecule has 37 heavy (non-hydrogen) atoms. The van der Waals surface area contributed by atoms with E-state index in [1.54, 1.807) is 31.4 Å². The molecule has 5 amide bonds. The molecular weight excluding hydrogens is 496 g/mol. The Kier molecular flexibility index (Phi) is 8.66. The summed E-state index contributed by atoms with van der Waals surface area (Å²) in [6, 6.07) is 13.3. The van der Waals surface area contributed by atoms with E-state index >= 15 is 0 Å². The molecule has 2 aliphatic rings. The van der Waals surface area contributed by atoms with Crippen LogP contribution < -0.4 is 15.4 Å². The predicted octanol–water partition coefficient (Wildman–Crippen LogP) is 3.82. The smallest absolute Gasteiger partial charge is 0.327 e. The molecule has 1 heterocycles. The number of nitrogens with zero attached hydrogens (tertiary/aromatic N) is 2. The van der Waals surface area contributed by atoms with Gasteiger partial charge in [0.05, 0.1) is 13.0 Å². The molecule has 9 nitrogen and oxygen atoms in total. The van der Waals surface area contributed by atoms with Gasteiger partial charge in [0.15, 0.2) is 0 Å². The van der Waals surface area contributed by atoms with E-state index in [0.717, 1.165) is 23.3 Å². The predicted molar refractivity (Wildman–Crippen MR) is 139 cm³/mol. The number of anilines is 1. The lowest BCUT2D eigenvalue weighted by Crippen LogP contribution is -2.63. The zero-order chi connectivity index (χ0) is 26.4. The van der Waals surface area contributed by atoms with E-state index in [1.165, 1.54) is 4.90 Å². The van der Waals surface area contributed by atoms with Crippen molar-refractivity contribution in [2.45, 2.75) is 44.7 Å². The highest BCUT2D eigenvalue weighted by molar-refractivity contribution is 6.30. The maximum atomic E-state index is 13.4. The minimum absolute atomic E-state index is 0.0352. The number of para-hydroxylation sites is 1. The normalized spacial score (nSPS) is 19.3. The Balaban J connectivity index is 1.39. The average Bonchev–Trinajstić information content (AvgIpc) is 2.90. The van der Waals surface area contributed by atoms with Crippen LogP contribution in [0.1, 0.15) is 37.7 Å². The molecule has 1 aliphatic carbocycles. The first-order valence-corrected chi connectivity index (χ1v) is 12.8. The highest BCUT2D eigenvalue weighted by Gasteiger charge is 2.47. The van der Waals surface area contributed by atoms with Crippen LogP contribution >= 0.6 is 11.6 Å². The van der Waals surface area contributed by atoms with Gasteiger partial charge in [-0.25, -0.2) is 4.79 Å². The molecule has 4 rings (SSSR count). The van der Waals surface area contributed by atoms with Gasteiger partial charge in [-0.3, -0.25) is 19.3 Å². The lowest BCUT2D eigenvalue weighted by molar-refractivity contribution is -0.142.